The van der Waals surface area contributed by atoms with E-state index in [0.717, 1.165) is 39.8 Å². The number of carbonyl (C=O) groups excluding carboxylic acids is 1. The Bertz CT molecular complexity index is 1150. The summed E-state index contributed by atoms with van der Waals surface area (Å²) in [5, 5.41) is 8.69. The molecule has 0 aliphatic rings. The van der Waals surface area contributed by atoms with Crippen LogP contribution in [0.3, 0.4) is 0 Å². The molecule has 27 heavy (non-hydrogen) atoms. The van der Waals surface area contributed by atoms with Crippen LogP contribution in [0.25, 0.3) is 27.7 Å². The third kappa shape index (κ3) is 3.18. The number of Topliss-reactive ketones (excluding diaryl/α,β-unsaturated/α-hetero) is 1. The Morgan fingerprint density at radius 2 is 1.96 bits per heavy atom. The van der Waals surface area contributed by atoms with Gasteiger partial charge in [0.05, 0.1) is 0 Å². The Labute approximate surface area is 157 Å². The third-order valence-electron chi connectivity index (χ3n) is 4.71. The lowest BCUT2D eigenvalue weighted by atomic mass is 10.0. The number of carbonyl (C=O) groups is 1. The molecule has 0 fully saturated rings. The van der Waals surface area contributed by atoms with Gasteiger partial charge in [-0.05, 0) is 48.2 Å². The second-order valence-corrected chi connectivity index (χ2v) is 7.37. The minimum Gasteiger partial charge on any atom is -0.353 e. The predicted molar refractivity (Wildman–Crippen MR) is 108 cm³/mol. The number of anilines is 1. The summed E-state index contributed by atoms with van der Waals surface area (Å²) in [5.41, 5.74) is 4.69. The SMILES string of the molecule is CC(=O)c1cn(C)c2ccc(-c3ccn4nc(NCC(C)C)nc4c3)cc12. The highest BCUT2D eigenvalue weighted by Gasteiger charge is 2.12. The molecule has 0 saturated carbocycles. The lowest BCUT2D eigenvalue weighted by Crippen LogP contribution is -2.09. The molecule has 4 rings (SSSR count). The molecule has 3 heterocycles. The molecule has 0 radical (unpaired) electrons. The zero-order chi connectivity index (χ0) is 19.1. The summed E-state index contributed by atoms with van der Waals surface area (Å²) in [6.07, 6.45) is 3.81. The summed E-state index contributed by atoms with van der Waals surface area (Å²) < 4.78 is 3.76. The van der Waals surface area contributed by atoms with Crippen molar-refractivity contribution in [1.29, 1.82) is 0 Å². The van der Waals surface area contributed by atoms with E-state index in [1.165, 1.54) is 0 Å². The monoisotopic (exact) mass is 361 g/mol. The van der Waals surface area contributed by atoms with E-state index >= 15 is 0 Å². The number of hydrogen-bond donors (Lipinski definition) is 1. The second kappa shape index (κ2) is 6.54. The maximum Gasteiger partial charge on any atom is 0.243 e. The maximum atomic E-state index is 12.0. The molecule has 1 N–H and O–H groups in total. The molecule has 0 spiro atoms. The van der Waals surface area contributed by atoms with Crippen molar-refractivity contribution < 1.29 is 4.79 Å². The zero-order valence-corrected chi connectivity index (χ0v) is 16.0. The average Bonchev–Trinajstić information content (AvgIpc) is 3.20. The van der Waals surface area contributed by atoms with Crippen LogP contribution in [-0.2, 0) is 7.05 Å². The fourth-order valence-corrected chi connectivity index (χ4v) is 3.28. The Kier molecular flexibility index (Phi) is 4.18. The van der Waals surface area contributed by atoms with Crippen LogP contribution in [0.1, 0.15) is 31.1 Å². The fraction of sp³-hybridized carbons (Fsp3) is 0.286. The number of rotatable bonds is 5. The van der Waals surface area contributed by atoms with Gasteiger partial charge < -0.3 is 9.88 Å². The van der Waals surface area contributed by atoms with Crippen molar-refractivity contribution in [3.63, 3.8) is 0 Å². The number of nitrogens with one attached hydrogen (secondary N) is 1. The molecule has 6 nitrogen and oxygen atoms in total. The van der Waals surface area contributed by atoms with Crippen LogP contribution in [0.15, 0.2) is 42.7 Å². The van der Waals surface area contributed by atoms with Crippen LogP contribution in [0.4, 0.5) is 5.95 Å². The van der Waals surface area contributed by atoms with E-state index in [0.29, 0.717) is 11.9 Å². The first-order valence-electron chi connectivity index (χ1n) is 9.13. The molecule has 0 aliphatic carbocycles. The number of aryl methyl sites for hydroxylation is 1. The van der Waals surface area contributed by atoms with Crippen LogP contribution in [0, 0.1) is 5.92 Å². The molecule has 138 valence electrons. The van der Waals surface area contributed by atoms with Gasteiger partial charge in [0.25, 0.3) is 0 Å². The average molecular weight is 361 g/mol. The molecule has 3 aromatic heterocycles. The molecule has 0 bridgehead atoms. The van der Waals surface area contributed by atoms with Crippen molar-refractivity contribution in [2.75, 3.05) is 11.9 Å². The molecular weight excluding hydrogens is 338 g/mol. The van der Waals surface area contributed by atoms with Gasteiger partial charge in [-0.3, -0.25) is 4.79 Å². The minimum atomic E-state index is 0.0755. The Morgan fingerprint density at radius 1 is 1.19 bits per heavy atom. The molecule has 4 aromatic rings. The molecule has 0 saturated heterocycles. The first-order chi connectivity index (χ1) is 12.9. The van der Waals surface area contributed by atoms with E-state index in [2.05, 4.69) is 47.4 Å². The summed E-state index contributed by atoms with van der Waals surface area (Å²) in [4.78, 5) is 16.5. The Morgan fingerprint density at radius 3 is 2.70 bits per heavy atom. The standard InChI is InChI=1S/C21H23N5O/c1-13(2)11-22-21-23-20-10-16(7-8-26(20)24-21)15-5-6-19-17(9-15)18(14(3)27)12-25(19)4/h5-10,12-13H,11H2,1-4H3,(H,22,24). The highest BCUT2D eigenvalue weighted by molar-refractivity contribution is 6.07. The summed E-state index contributed by atoms with van der Waals surface area (Å²) >= 11 is 0. The molecule has 6 heteroatoms. The quantitative estimate of drug-likeness (QED) is 0.542. The topological polar surface area (TPSA) is 64.2 Å². The van der Waals surface area contributed by atoms with Gasteiger partial charge in [0.2, 0.25) is 5.95 Å². The summed E-state index contributed by atoms with van der Waals surface area (Å²) in [7, 11) is 1.96. The van der Waals surface area contributed by atoms with Crippen LogP contribution in [0.5, 0.6) is 0 Å². The van der Waals surface area contributed by atoms with E-state index in [1.54, 1.807) is 11.4 Å². The lowest BCUT2D eigenvalue weighted by molar-refractivity contribution is 0.101. The largest absolute Gasteiger partial charge is 0.353 e. The van der Waals surface area contributed by atoms with Crippen molar-refractivity contribution in [3.05, 3.63) is 48.3 Å². The molecule has 1 aromatic carbocycles. The Balaban J connectivity index is 1.75. The Hall–Kier alpha value is -3.15. The highest BCUT2D eigenvalue weighted by atomic mass is 16.1. The predicted octanol–water partition coefficient (Wildman–Crippen LogP) is 4.16. The van der Waals surface area contributed by atoms with Gasteiger partial charge >= 0.3 is 0 Å². The number of hydrogen-bond acceptors (Lipinski definition) is 4. The van der Waals surface area contributed by atoms with Gasteiger partial charge in [0, 0.05) is 42.5 Å². The van der Waals surface area contributed by atoms with Gasteiger partial charge in [-0.25, -0.2) is 4.52 Å². The van der Waals surface area contributed by atoms with Gasteiger partial charge in [0.15, 0.2) is 11.4 Å². The fourth-order valence-electron chi connectivity index (χ4n) is 3.28. The third-order valence-corrected chi connectivity index (χ3v) is 4.71. The number of pyridine rings is 1. The second-order valence-electron chi connectivity index (χ2n) is 7.37. The van der Waals surface area contributed by atoms with E-state index in [1.807, 2.05) is 36.1 Å². The number of benzene rings is 1. The van der Waals surface area contributed by atoms with Gasteiger partial charge in [-0.2, -0.15) is 4.98 Å². The van der Waals surface area contributed by atoms with Crippen LogP contribution < -0.4 is 5.32 Å². The minimum absolute atomic E-state index is 0.0755. The molecule has 0 atom stereocenters. The first kappa shape index (κ1) is 17.3. The van der Waals surface area contributed by atoms with E-state index in [9.17, 15) is 4.79 Å². The molecular formula is C21H23N5O. The van der Waals surface area contributed by atoms with Crippen molar-refractivity contribution in [2.45, 2.75) is 20.8 Å². The van der Waals surface area contributed by atoms with Crippen molar-refractivity contribution in [2.24, 2.45) is 13.0 Å². The number of ketones is 1. The smallest absolute Gasteiger partial charge is 0.243 e. The van der Waals surface area contributed by atoms with Crippen LogP contribution in [-0.4, -0.2) is 31.5 Å². The van der Waals surface area contributed by atoms with E-state index < -0.39 is 0 Å². The molecule has 0 unspecified atom stereocenters. The van der Waals surface area contributed by atoms with Crippen molar-refractivity contribution >= 4 is 28.3 Å². The zero-order valence-electron chi connectivity index (χ0n) is 16.0. The summed E-state index contributed by atoms with van der Waals surface area (Å²) in [6, 6.07) is 10.2. The normalized spacial score (nSPS) is 11.6. The van der Waals surface area contributed by atoms with E-state index in [-0.39, 0.29) is 5.78 Å². The molecule has 0 amide bonds. The van der Waals surface area contributed by atoms with E-state index in [4.69, 9.17) is 0 Å². The van der Waals surface area contributed by atoms with Gasteiger partial charge in [-0.1, -0.05) is 19.9 Å². The summed E-state index contributed by atoms with van der Waals surface area (Å²) in [5.74, 6) is 1.24. The molecule has 0 aliphatic heterocycles. The van der Waals surface area contributed by atoms with Crippen LogP contribution in [0.2, 0.25) is 0 Å². The highest BCUT2D eigenvalue weighted by Crippen LogP contribution is 2.28. The number of fused-ring (bicyclic) bond motifs is 2. The van der Waals surface area contributed by atoms with Gasteiger partial charge in [0.1, 0.15) is 0 Å². The first-order valence-corrected chi connectivity index (χ1v) is 9.13. The number of aromatic nitrogens is 4. The van der Waals surface area contributed by atoms with Crippen LogP contribution >= 0.6 is 0 Å². The van der Waals surface area contributed by atoms with Crippen molar-refractivity contribution in [1.82, 2.24) is 19.2 Å². The van der Waals surface area contributed by atoms with Crippen molar-refractivity contribution in [3.8, 4) is 11.1 Å². The maximum absolute atomic E-state index is 12.0. The lowest BCUT2D eigenvalue weighted by Gasteiger charge is -2.04. The number of nitrogens with zero attached hydrogens (tertiary/aromatic N) is 4. The summed E-state index contributed by atoms with van der Waals surface area (Å²) in [6.45, 7) is 6.74. The van der Waals surface area contributed by atoms with Gasteiger partial charge in [-0.15, -0.1) is 5.10 Å².